The number of hydrogen-bond donors (Lipinski definition) is 1. The quantitative estimate of drug-likeness (QED) is 0.790. The van der Waals surface area contributed by atoms with Crippen LogP contribution in [0, 0.1) is 5.82 Å². The summed E-state index contributed by atoms with van der Waals surface area (Å²) in [7, 11) is 0. The van der Waals surface area contributed by atoms with E-state index in [1.165, 1.54) is 23.8 Å². The Hall–Kier alpha value is -2.21. The van der Waals surface area contributed by atoms with Gasteiger partial charge in [0.05, 0.1) is 16.8 Å². The SMILES string of the molecule is C[C@@H](C(=O)Nc1ccc(F)cc1Cl)N1CCN(C/C=C/c2ccccc2)CC1. The molecule has 1 heterocycles. The van der Waals surface area contributed by atoms with Gasteiger partial charge >= 0.3 is 0 Å². The normalized spacial score (nSPS) is 17.0. The first-order chi connectivity index (χ1) is 13.5. The lowest BCUT2D eigenvalue weighted by Crippen LogP contribution is -2.52. The number of anilines is 1. The molecule has 1 saturated heterocycles. The number of carbonyl (C=O) groups excluding carboxylic acids is 1. The van der Waals surface area contributed by atoms with Crippen molar-refractivity contribution in [2.45, 2.75) is 13.0 Å². The van der Waals surface area contributed by atoms with Crippen LogP contribution in [0.3, 0.4) is 0 Å². The molecule has 0 bridgehead atoms. The van der Waals surface area contributed by atoms with Gasteiger partial charge in [0, 0.05) is 32.7 Å². The molecule has 0 unspecified atom stereocenters. The van der Waals surface area contributed by atoms with Crippen LogP contribution in [0.2, 0.25) is 5.02 Å². The van der Waals surface area contributed by atoms with Crippen LogP contribution in [0.25, 0.3) is 6.08 Å². The van der Waals surface area contributed by atoms with Crippen LogP contribution in [-0.2, 0) is 4.79 Å². The lowest BCUT2D eigenvalue weighted by atomic mass is 10.2. The first kappa shape index (κ1) is 20.5. The summed E-state index contributed by atoms with van der Waals surface area (Å²) in [5.74, 6) is -0.556. The number of halogens is 2. The first-order valence-corrected chi connectivity index (χ1v) is 9.84. The molecule has 6 heteroatoms. The first-order valence-electron chi connectivity index (χ1n) is 9.47. The van der Waals surface area contributed by atoms with E-state index in [-0.39, 0.29) is 17.0 Å². The number of nitrogens with zero attached hydrogens (tertiary/aromatic N) is 2. The summed E-state index contributed by atoms with van der Waals surface area (Å²) in [6.45, 7) is 6.25. The number of rotatable bonds is 6. The average molecular weight is 402 g/mol. The predicted octanol–water partition coefficient (Wildman–Crippen LogP) is 4.14. The van der Waals surface area contributed by atoms with Crippen molar-refractivity contribution in [2.75, 3.05) is 38.0 Å². The fraction of sp³-hybridized carbons (Fsp3) is 0.318. The van der Waals surface area contributed by atoms with E-state index in [2.05, 4.69) is 39.4 Å². The number of nitrogens with one attached hydrogen (secondary N) is 1. The molecule has 1 aliphatic heterocycles. The molecule has 28 heavy (non-hydrogen) atoms. The third kappa shape index (κ3) is 5.64. The van der Waals surface area contributed by atoms with Gasteiger partial charge in [-0.05, 0) is 30.7 Å². The van der Waals surface area contributed by atoms with E-state index in [9.17, 15) is 9.18 Å². The lowest BCUT2D eigenvalue weighted by molar-refractivity contribution is -0.121. The zero-order valence-electron chi connectivity index (χ0n) is 15.9. The molecule has 2 aromatic rings. The maximum absolute atomic E-state index is 13.1. The maximum Gasteiger partial charge on any atom is 0.241 e. The van der Waals surface area contributed by atoms with Crippen molar-refractivity contribution in [3.63, 3.8) is 0 Å². The fourth-order valence-corrected chi connectivity index (χ4v) is 3.44. The zero-order chi connectivity index (χ0) is 19.9. The highest BCUT2D eigenvalue weighted by Crippen LogP contribution is 2.23. The third-order valence-corrected chi connectivity index (χ3v) is 5.31. The molecule has 2 aromatic carbocycles. The Balaban J connectivity index is 1.46. The van der Waals surface area contributed by atoms with Crippen molar-refractivity contribution < 1.29 is 9.18 Å². The molecule has 1 atom stereocenters. The van der Waals surface area contributed by atoms with Gasteiger partial charge in [-0.3, -0.25) is 14.6 Å². The van der Waals surface area contributed by atoms with E-state index < -0.39 is 5.82 Å². The highest BCUT2D eigenvalue weighted by molar-refractivity contribution is 6.33. The smallest absolute Gasteiger partial charge is 0.241 e. The summed E-state index contributed by atoms with van der Waals surface area (Å²) in [6.07, 6.45) is 4.31. The van der Waals surface area contributed by atoms with E-state index in [4.69, 9.17) is 11.6 Å². The minimum absolute atomic E-state index is 0.133. The topological polar surface area (TPSA) is 35.6 Å². The lowest BCUT2D eigenvalue weighted by Gasteiger charge is -2.37. The molecule has 0 aromatic heterocycles. The second-order valence-electron chi connectivity index (χ2n) is 6.94. The molecule has 0 saturated carbocycles. The minimum Gasteiger partial charge on any atom is -0.323 e. The van der Waals surface area contributed by atoms with Gasteiger partial charge in [-0.15, -0.1) is 0 Å². The number of carbonyl (C=O) groups is 1. The van der Waals surface area contributed by atoms with Crippen molar-refractivity contribution in [2.24, 2.45) is 0 Å². The molecule has 1 amide bonds. The Bertz CT molecular complexity index is 820. The van der Waals surface area contributed by atoms with Gasteiger partial charge in [0.1, 0.15) is 5.82 Å². The summed E-state index contributed by atoms with van der Waals surface area (Å²) < 4.78 is 13.1. The van der Waals surface area contributed by atoms with Gasteiger partial charge in [-0.2, -0.15) is 0 Å². The summed E-state index contributed by atoms with van der Waals surface area (Å²) in [5.41, 5.74) is 1.63. The molecule has 0 aliphatic carbocycles. The largest absolute Gasteiger partial charge is 0.323 e. The summed E-state index contributed by atoms with van der Waals surface area (Å²) in [6, 6.07) is 13.9. The van der Waals surface area contributed by atoms with Crippen LogP contribution < -0.4 is 5.32 Å². The molecule has 148 valence electrons. The monoisotopic (exact) mass is 401 g/mol. The van der Waals surface area contributed by atoms with Gasteiger partial charge in [-0.25, -0.2) is 4.39 Å². The van der Waals surface area contributed by atoms with E-state index in [1.54, 1.807) is 0 Å². The molecule has 0 spiro atoms. The van der Waals surface area contributed by atoms with Crippen LogP contribution in [-0.4, -0.2) is 54.5 Å². The summed E-state index contributed by atoms with van der Waals surface area (Å²) in [5, 5.41) is 3.00. The van der Waals surface area contributed by atoms with Crippen LogP contribution >= 0.6 is 11.6 Å². The van der Waals surface area contributed by atoms with E-state index in [0.717, 1.165) is 32.7 Å². The molecule has 3 rings (SSSR count). The number of hydrogen-bond acceptors (Lipinski definition) is 3. The van der Waals surface area contributed by atoms with Crippen molar-refractivity contribution in [1.29, 1.82) is 0 Å². The molecule has 1 aliphatic rings. The predicted molar refractivity (Wildman–Crippen MR) is 113 cm³/mol. The van der Waals surface area contributed by atoms with Gasteiger partial charge < -0.3 is 5.32 Å². The minimum atomic E-state index is -0.423. The highest BCUT2D eigenvalue weighted by Gasteiger charge is 2.25. The summed E-state index contributed by atoms with van der Waals surface area (Å²) >= 11 is 5.99. The second-order valence-corrected chi connectivity index (χ2v) is 7.35. The highest BCUT2D eigenvalue weighted by atomic mass is 35.5. The van der Waals surface area contributed by atoms with E-state index in [1.807, 2.05) is 25.1 Å². The molecule has 1 N–H and O–H groups in total. The fourth-order valence-electron chi connectivity index (χ4n) is 3.23. The zero-order valence-corrected chi connectivity index (χ0v) is 16.7. The number of amides is 1. The van der Waals surface area contributed by atoms with Crippen molar-refractivity contribution in [1.82, 2.24) is 9.80 Å². The number of piperazine rings is 1. The summed E-state index contributed by atoms with van der Waals surface area (Å²) in [4.78, 5) is 17.1. The molecule has 0 radical (unpaired) electrons. The van der Waals surface area contributed by atoms with Gasteiger partial charge in [0.2, 0.25) is 5.91 Å². The van der Waals surface area contributed by atoms with Gasteiger partial charge in [0.15, 0.2) is 0 Å². The van der Waals surface area contributed by atoms with Crippen LogP contribution in [0.1, 0.15) is 12.5 Å². The van der Waals surface area contributed by atoms with Gasteiger partial charge in [0.25, 0.3) is 0 Å². The molecule has 4 nitrogen and oxygen atoms in total. The standard InChI is InChI=1S/C22H25ClFN3O/c1-17(22(28)25-21-10-9-19(24)16-20(21)23)27-14-12-26(13-15-27)11-5-8-18-6-3-2-4-7-18/h2-10,16-17H,11-15H2,1H3,(H,25,28)/b8-5+/t17-/m0/s1. The van der Waals surface area contributed by atoms with Crippen molar-refractivity contribution in [3.8, 4) is 0 Å². The van der Waals surface area contributed by atoms with Crippen LogP contribution in [0.4, 0.5) is 10.1 Å². The average Bonchev–Trinajstić information content (AvgIpc) is 2.71. The van der Waals surface area contributed by atoms with Crippen molar-refractivity contribution >= 4 is 29.3 Å². The molecule has 1 fully saturated rings. The van der Waals surface area contributed by atoms with Gasteiger partial charge in [-0.1, -0.05) is 54.1 Å². The maximum atomic E-state index is 13.1. The Kier molecular flexibility index (Phi) is 7.20. The van der Waals surface area contributed by atoms with E-state index in [0.29, 0.717) is 5.69 Å². The second kappa shape index (κ2) is 9.82. The van der Waals surface area contributed by atoms with Crippen molar-refractivity contribution in [3.05, 3.63) is 71.0 Å². The third-order valence-electron chi connectivity index (χ3n) is 5.00. The Morgan fingerprint density at radius 2 is 1.89 bits per heavy atom. The van der Waals surface area contributed by atoms with Crippen LogP contribution in [0.5, 0.6) is 0 Å². The molecular formula is C22H25ClFN3O. The Morgan fingerprint density at radius 3 is 2.57 bits per heavy atom. The van der Waals surface area contributed by atoms with Crippen LogP contribution in [0.15, 0.2) is 54.6 Å². The Labute approximate surface area is 170 Å². The Morgan fingerprint density at radius 1 is 1.18 bits per heavy atom. The molecular weight excluding hydrogens is 377 g/mol. The van der Waals surface area contributed by atoms with E-state index >= 15 is 0 Å². The number of benzene rings is 2.